The van der Waals surface area contributed by atoms with Crippen molar-refractivity contribution < 1.29 is 8.95 Å². The summed E-state index contributed by atoms with van der Waals surface area (Å²) >= 11 is 0. The molecule has 1 aromatic carbocycles. The van der Waals surface area contributed by atoms with Crippen LogP contribution in [-0.2, 0) is 15.7 Å². The van der Waals surface area contributed by atoms with Crippen molar-refractivity contribution in [3.63, 3.8) is 0 Å². The molecule has 0 saturated heterocycles. The van der Waals surface area contributed by atoms with E-state index in [1.54, 1.807) is 0 Å². The molecular weight excluding hydrogens is 270 g/mol. The summed E-state index contributed by atoms with van der Waals surface area (Å²) in [5.41, 5.74) is 2.05. The molecule has 0 aromatic heterocycles. The van der Waals surface area contributed by atoms with E-state index < -0.39 is 11.0 Å². The van der Waals surface area contributed by atoms with Gasteiger partial charge < -0.3 is 4.74 Å². The predicted molar refractivity (Wildman–Crippen MR) is 86.3 cm³/mol. The first-order valence-electron chi connectivity index (χ1n) is 6.70. The van der Waals surface area contributed by atoms with Crippen LogP contribution in [0.25, 0.3) is 5.76 Å². The number of nitrogens with one attached hydrogen (secondary N) is 1. The van der Waals surface area contributed by atoms with E-state index in [1.165, 1.54) is 0 Å². The van der Waals surface area contributed by atoms with E-state index in [1.807, 2.05) is 45.0 Å². The van der Waals surface area contributed by atoms with Crippen molar-refractivity contribution in [2.45, 2.75) is 32.4 Å². The molecule has 0 aliphatic carbocycles. The molecule has 0 aliphatic heterocycles. The molecule has 20 heavy (non-hydrogen) atoms. The Bertz CT molecular complexity index is 511. The first-order chi connectivity index (χ1) is 9.45. The molecule has 1 aromatic rings. The molecule has 2 atom stereocenters. The van der Waals surface area contributed by atoms with Crippen molar-refractivity contribution in [1.82, 2.24) is 4.72 Å². The minimum Gasteiger partial charge on any atom is -0.461 e. The van der Waals surface area contributed by atoms with Gasteiger partial charge in [-0.3, -0.25) is 0 Å². The number of hydrogen-bond acceptors (Lipinski definition) is 2. The Morgan fingerprint density at radius 1 is 1.40 bits per heavy atom. The molecular formula is C16H23NO2S. The standard InChI is InChI=1S/C16H23NO2S/c1-6-14(4)20(18)17-11-13(3)19-15(5)16-10-8-7-9-12(16)2/h7-10,14,17H,3,5-6,11H2,1-2,4H3. The van der Waals surface area contributed by atoms with E-state index in [0.29, 0.717) is 18.1 Å². The number of rotatable bonds is 8. The van der Waals surface area contributed by atoms with Crippen LogP contribution < -0.4 is 4.72 Å². The summed E-state index contributed by atoms with van der Waals surface area (Å²) in [5, 5.41) is 0.113. The van der Waals surface area contributed by atoms with Crippen LogP contribution in [0.5, 0.6) is 0 Å². The zero-order valence-corrected chi connectivity index (χ0v) is 13.3. The molecule has 0 aliphatic rings. The lowest BCUT2D eigenvalue weighted by Crippen LogP contribution is -2.27. The average Bonchev–Trinajstić information content (AvgIpc) is 2.44. The summed E-state index contributed by atoms with van der Waals surface area (Å²) < 4.78 is 20.3. The van der Waals surface area contributed by atoms with E-state index in [9.17, 15) is 4.21 Å². The third-order valence-corrected chi connectivity index (χ3v) is 4.56. The van der Waals surface area contributed by atoms with Crippen molar-refractivity contribution in [3.05, 3.63) is 54.3 Å². The third kappa shape index (κ3) is 4.94. The summed E-state index contributed by atoms with van der Waals surface area (Å²) in [5.74, 6) is 1.07. The first kappa shape index (κ1) is 16.7. The van der Waals surface area contributed by atoms with Gasteiger partial charge in [-0.25, -0.2) is 8.93 Å². The highest BCUT2D eigenvalue weighted by molar-refractivity contribution is 7.83. The van der Waals surface area contributed by atoms with E-state index in [4.69, 9.17) is 4.74 Å². The van der Waals surface area contributed by atoms with Gasteiger partial charge in [0.1, 0.15) is 11.5 Å². The second-order valence-corrected chi connectivity index (χ2v) is 6.40. The van der Waals surface area contributed by atoms with Crippen LogP contribution in [0, 0.1) is 6.92 Å². The zero-order valence-electron chi connectivity index (χ0n) is 12.4. The SMILES string of the molecule is C=C(CNS(=O)C(C)CC)OC(=C)c1ccccc1C. The maximum atomic E-state index is 11.8. The molecule has 0 heterocycles. The molecule has 1 N–H and O–H groups in total. The molecule has 2 unspecified atom stereocenters. The highest BCUT2D eigenvalue weighted by Crippen LogP contribution is 2.20. The van der Waals surface area contributed by atoms with Crippen molar-refractivity contribution in [3.8, 4) is 0 Å². The lowest BCUT2D eigenvalue weighted by molar-refractivity contribution is 0.375. The van der Waals surface area contributed by atoms with Gasteiger partial charge in [-0.05, 0) is 25.8 Å². The number of hydrogen-bond donors (Lipinski definition) is 1. The number of aryl methyl sites for hydroxylation is 1. The summed E-state index contributed by atoms with van der Waals surface area (Å²) in [6.07, 6.45) is 0.864. The lowest BCUT2D eigenvalue weighted by atomic mass is 10.1. The lowest BCUT2D eigenvalue weighted by Gasteiger charge is -2.14. The Hall–Kier alpha value is -1.39. The maximum Gasteiger partial charge on any atom is 0.127 e. The minimum atomic E-state index is -1.07. The summed E-state index contributed by atoms with van der Waals surface area (Å²) in [7, 11) is -1.07. The van der Waals surface area contributed by atoms with Gasteiger partial charge in [-0.2, -0.15) is 0 Å². The molecule has 3 nitrogen and oxygen atoms in total. The Labute approximate surface area is 124 Å². The third-order valence-electron chi connectivity index (χ3n) is 3.06. The normalized spacial score (nSPS) is 13.6. The second kappa shape index (κ2) is 8.02. The molecule has 0 amide bonds. The highest BCUT2D eigenvalue weighted by atomic mass is 32.2. The van der Waals surface area contributed by atoms with E-state index in [2.05, 4.69) is 17.9 Å². The van der Waals surface area contributed by atoms with Gasteiger partial charge >= 0.3 is 0 Å². The average molecular weight is 293 g/mol. The molecule has 0 spiro atoms. The van der Waals surface area contributed by atoms with Crippen LogP contribution in [0.2, 0.25) is 0 Å². The number of ether oxygens (including phenoxy) is 1. The van der Waals surface area contributed by atoms with E-state index in [0.717, 1.165) is 17.5 Å². The van der Waals surface area contributed by atoms with Crippen LogP contribution in [0.4, 0.5) is 0 Å². The van der Waals surface area contributed by atoms with Gasteiger partial charge in [0.15, 0.2) is 0 Å². The van der Waals surface area contributed by atoms with E-state index >= 15 is 0 Å². The van der Waals surface area contributed by atoms with Gasteiger partial charge in [-0.1, -0.05) is 44.3 Å². The van der Waals surface area contributed by atoms with Crippen molar-refractivity contribution in [2.24, 2.45) is 0 Å². The minimum absolute atomic E-state index is 0.113. The fourth-order valence-electron chi connectivity index (χ4n) is 1.60. The van der Waals surface area contributed by atoms with Crippen molar-refractivity contribution >= 4 is 16.7 Å². The van der Waals surface area contributed by atoms with Crippen LogP contribution in [0.15, 0.2) is 43.2 Å². The largest absolute Gasteiger partial charge is 0.461 e. The topological polar surface area (TPSA) is 38.3 Å². The van der Waals surface area contributed by atoms with Crippen LogP contribution in [0.1, 0.15) is 31.4 Å². The smallest absolute Gasteiger partial charge is 0.127 e. The van der Waals surface area contributed by atoms with Crippen molar-refractivity contribution in [1.29, 1.82) is 0 Å². The van der Waals surface area contributed by atoms with Crippen molar-refractivity contribution in [2.75, 3.05) is 6.54 Å². The molecule has 0 radical (unpaired) electrons. The molecule has 4 heteroatoms. The number of benzene rings is 1. The first-order valence-corrected chi connectivity index (χ1v) is 7.91. The van der Waals surface area contributed by atoms with Gasteiger partial charge in [0.05, 0.1) is 17.5 Å². The monoisotopic (exact) mass is 293 g/mol. The molecule has 0 fully saturated rings. The van der Waals surface area contributed by atoms with Gasteiger partial charge in [0, 0.05) is 10.8 Å². The maximum absolute atomic E-state index is 11.8. The Morgan fingerprint density at radius 2 is 2.05 bits per heavy atom. The van der Waals surface area contributed by atoms with E-state index in [-0.39, 0.29) is 5.25 Å². The second-order valence-electron chi connectivity index (χ2n) is 4.72. The zero-order chi connectivity index (χ0) is 15.1. The van der Waals surface area contributed by atoms with Crippen LogP contribution >= 0.6 is 0 Å². The fraction of sp³-hybridized carbons (Fsp3) is 0.375. The molecule has 0 saturated carbocycles. The van der Waals surface area contributed by atoms with Gasteiger partial charge in [-0.15, -0.1) is 0 Å². The summed E-state index contributed by atoms with van der Waals surface area (Å²) in [6, 6.07) is 7.87. The highest BCUT2D eigenvalue weighted by Gasteiger charge is 2.10. The fourth-order valence-corrected chi connectivity index (χ4v) is 2.49. The Balaban J connectivity index is 2.49. The van der Waals surface area contributed by atoms with Crippen LogP contribution in [0.3, 0.4) is 0 Å². The Morgan fingerprint density at radius 3 is 2.65 bits per heavy atom. The summed E-state index contributed by atoms with van der Waals surface area (Å²) in [4.78, 5) is 0. The molecule has 0 bridgehead atoms. The van der Waals surface area contributed by atoms with Crippen LogP contribution in [-0.4, -0.2) is 16.0 Å². The quantitative estimate of drug-likeness (QED) is 0.744. The predicted octanol–water partition coefficient (Wildman–Crippen LogP) is 3.55. The molecule has 1 rings (SSSR count). The van der Waals surface area contributed by atoms with Gasteiger partial charge in [0.25, 0.3) is 0 Å². The molecule has 110 valence electrons. The van der Waals surface area contributed by atoms with Gasteiger partial charge in [0.2, 0.25) is 0 Å². The summed E-state index contributed by atoms with van der Waals surface area (Å²) in [6.45, 7) is 14.0. The Kier molecular flexibility index (Phi) is 6.68.